The normalized spacial score (nSPS) is 23.4. The number of aliphatic hydroxyl groups excluding tert-OH is 1. The van der Waals surface area contributed by atoms with Gasteiger partial charge in [-0.3, -0.25) is 4.79 Å². The largest absolute Gasteiger partial charge is 0.507 e. The number of aromatic hydroxyl groups is 1. The van der Waals surface area contributed by atoms with Gasteiger partial charge in [0, 0.05) is 6.54 Å². The third-order valence-corrected chi connectivity index (χ3v) is 3.80. The van der Waals surface area contributed by atoms with E-state index in [9.17, 15) is 15.0 Å². The Morgan fingerprint density at radius 2 is 2.22 bits per heavy atom. The van der Waals surface area contributed by atoms with Crippen molar-refractivity contribution in [3.05, 3.63) is 29.3 Å². The van der Waals surface area contributed by atoms with E-state index in [0.717, 1.165) is 6.42 Å². The van der Waals surface area contributed by atoms with Crippen molar-refractivity contribution in [1.29, 1.82) is 0 Å². The summed E-state index contributed by atoms with van der Waals surface area (Å²) in [6.45, 7) is 4.41. The molecule has 1 amide bonds. The third-order valence-electron chi connectivity index (χ3n) is 3.80. The van der Waals surface area contributed by atoms with E-state index in [1.54, 1.807) is 30.0 Å². The lowest BCUT2D eigenvalue weighted by molar-refractivity contribution is 0.0645. The molecule has 1 aliphatic heterocycles. The van der Waals surface area contributed by atoms with Gasteiger partial charge in [-0.1, -0.05) is 19.1 Å². The van der Waals surface area contributed by atoms with Crippen molar-refractivity contribution in [2.75, 3.05) is 13.2 Å². The van der Waals surface area contributed by atoms with Gasteiger partial charge in [0.05, 0.1) is 18.2 Å². The molecule has 0 saturated carbocycles. The maximum absolute atomic E-state index is 12.4. The number of amides is 1. The van der Waals surface area contributed by atoms with Gasteiger partial charge in [-0.05, 0) is 30.9 Å². The Morgan fingerprint density at radius 3 is 2.89 bits per heavy atom. The number of hydrogen-bond acceptors (Lipinski definition) is 3. The van der Waals surface area contributed by atoms with Crippen molar-refractivity contribution in [2.24, 2.45) is 5.92 Å². The van der Waals surface area contributed by atoms with Crippen molar-refractivity contribution < 1.29 is 15.0 Å². The highest BCUT2D eigenvalue weighted by atomic mass is 16.3. The number of benzene rings is 1. The molecule has 1 heterocycles. The molecule has 1 saturated heterocycles. The van der Waals surface area contributed by atoms with Crippen LogP contribution >= 0.6 is 0 Å². The van der Waals surface area contributed by atoms with E-state index >= 15 is 0 Å². The quantitative estimate of drug-likeness (QED) is 0.836. The van der Waals surface area contributed by atoms with E-state index in [1.165, 1.54) is 0 Å². The first kappa shape index (κ1) is 12.9. The fourth-order valence-electron chi connectivity index (χ4n) is 2.53. The molecule has 1 aromatic carbocycles. The average Bonchev–Trinajstić information content (AvgIpc) is 2.73. The molecular weight excluding hydrogens is 230 g/mol. The summed E-state index contributed by atoms with van der Waals surface area (Å²) >= 11 is 0. The molecule has 0 spiro atoms. The Hall–Kier alpha value is -1.55. The van der Waals surface area contributed by atoms with Crippen LogP contribution in [0.4, 0.5) is 0 Å². The molecular formula is C14H19NO3. The van der Waals surface area contributed by atoms with Crippen LogP contribution in [0.3, 0.4) is 0 Å². The number of rotatable bonds is 2. The lowest BCUT2D eigenvalue weighted by atomic mass is 10.0. The lowest BCUT2D eigenvalue weighted by Crippen LogP contribution is -2.39. The van der Waals surface area contributed by atoms with Gasteiger partial charge in [0.2, 0.25) is 0 Å². The van der Waals surface area contributed by atoms with Crippen molar-refractivity contribution in [1.82, 2.24) is 4.90 Å². The fourth-order valence-corrected chi connectivity index (χ4v) is 2.53. The van der Waals surface area contributed by atoms with Gasteiger partial charge < -0.3 is 15.1 Å². The summed E-state index contributed by atoms with van der Waals surface area (Å²) in [6.07, 6.45) is 0.892. The van der Waals surface area contributed by atoms with E-state index in [4.69, 9.17) is 0 Å². The molecule has 0 aromatic heterocycles. The first-order valence-electron chi connectivity index (χ1n) is 6.26. The van der Waals surface area contributed by atoms with Crippen LogP contribution in [0.15, 0.2) is 18.2 Å². The van der Waals surface area contributed by atoms with Gasteiger partial charge in [-0.15, -0.1) is 0 Å². The average molecular weight is 249 g/mol. The van der Waals surface area contributed by atoms with Crippen LogP contribution in [0.2, 0.25) is 0 Å². The Labute approximate surface area is 107 Å². The first-order chi connectivity index (χ1) is 8.56. The van der Waals surface area contributed by atoms with Crippen molar-refractivity contribution in [3.8, 4) is 5.75 Å². The number of para-hydroxylation sites is 1. The monoisotopic (exact) mass is 249 g/mol. The zero-order valence-electron chi connectivity index (χ0n) is 10.8. The van der Waals surface area contributed by atoms with Gasteiger partial charge in [0.15, 0.2) is 0 Å². The summed E-state index contributed by atoms with van der Waals surface area (Å²) in [5.74, 6) is 0.143. The molecule has 1 aromatic rings. The van der Waals surface area contributed by atoms with E-state index in [0.29, 0.717) is 23.6 Å². The van der Waals surface area contributed by atoms with Gasteiger partial charge >= 0.3 is 0 Å². The van der Waals surface area contributed by atoms with Crippen LogP contribution in [0.1, 0.15) is 29.3 Å². The topological polar surface area (TPSA) is 60.8 Å². The number of aliphatic hydroxyl groups is 1. The highest BCUT2D eigenvalue weighted by molar-refractivity contribution is 5.97. The predicted molar refractivity (Wildman–Crippen MR) is 68.5 cm³/mol. The zero-order chi connectivity index (χ0) is 13.3. The summed E-state index contributed by atoms with van der Waals surface area (Å²) < 4.78 is 0. The molecule has 2 rings (SSSR count). The number of phenolic OH excluding ortho intramolecular Hbond substituents is 1. The van der Waals surface area contributed by atoms with Crippen LogP contribution in [-0.2, 0) is 0 Å². The zero-order valence-corrected chi connectivity index (χ0v) is 10.8. The number of likely N-dealkylation sites (tertiary alicyclic amines) is 1. The Morgan fingerprint density at radius 1 is 1.50 bits per heavy atom. The second kappa shape index (κ2) is 4.98. The van der Waals surface area contributed by atoms with Crippen LogP contribution in [-0.4, -0.2) is 40.2 Å². The summed E-state index contributed by atoms with van der Waals surface area (Å²) in [6, 6.07) is 5.01. The molecule has 0 aliphatic carbocycles. The molecule has 2 atom stereocenters. The molecule has 0 radical (unpaired) electrons. The second-order valence-electron chi connectivity index (χ2n) is 4.99. The SMILES string of the molecule is Cc1cccc(C(=O)N2CCC(C)C2CO)c1O. The van der Waals surface area contributed by atoms with E-state index in [1.807, 2.05) is 6.92 Å². The van der Waals surface area contributed by atoms with Crippen LogP contribution in [0, 0.1) is 12.8 Å². The van der Waals surface area contributed by atoms with Crippen molar-refractivity contribution in [3.63, 3.8) is 0 Å². The number of nitrogens with zero attached hydrogens (tertiary/aromatic N) is 1. The summed E-state index contributed by atoms with van der Waals surface area (Å²) in [5.41, 5.74) is 1.01. The van der Waals surface area contributed by atoms with E-state index in [-0.39, 0.29) is 24.3 Å². The first-order valence-corrected chi connectivity index (χ1v) is 6.26. The van der Waals surface area contributed by atoms with Gasteiger partial charge in [-0.2, -0.15) is 0 Å². The fraction of sp³-hybridized carbons (Fsp3) is 0.500. The second-order valence-corrected chi connectivity index (χ2v) is 4.99. The molecule has 2 N–H and O–H groups in total. The van der Waals surface area contributed by atoms with Crippen LogP contribution in [0.25, 0.3) is 0 Å². The number of aryl methyl sites for hydroxylation is 1. The van der Waals surface area contributed by atoms with Crippen LogP contribution < -0.4 is 0 Å². The summed E-state index contributed by atoms with van der Waals surface area (Å²) in [7, 11) is 0. The predicted octanol–water partition coefficient (Wildman–Crippen LogP) is 1.54. The van der Waals surface area contributed by atoms with Gasteiger partial charge in [-0.25, -0.2) is 0 Å². The lowest BCUT2D eigenvalue weighted by Gasteiger charge is -2.25. The molecule has 98 valence electrons. The highest BCUT2D eigenvalue weighted by Gasteiger charge is 2.35. The standard InChI is InChI=1S/C14H19NO3/c1-9-6-7-15(12(9)8-16)14(18)11-5-3-4-10(2)13(11)17/h3-5,9,12,16-17H,6-8H2,1-2H3. The number of carbonyl (C=O) groups excluding carboxylic acids is 1. The van der Waals surface area contributed by atoms with Gasteiger partial charge in [0.25, 0.3) is 5.91 Å². The maximum atomic E-state index is 12.4. The minimum absolute atomic E-state index is 0.0283. The molecule has 2 unspecified atom stereocenters. The Kier molecular flexibility index (Phi) is 3.57. The van der Waals surface area contributed by atoms with E-state index < -0.39 is 0 Å². The Balaban J connectivity index is 2.29. The summed E-state index contributed by atoms with van der Waals surface area (Å²) in [5, 5.41) is 19.3. The van der Waals surface area contributed by atoms with Crippen molar-refractivity contribution in [2.45, 2.75) is 26.3 Å². The van der Waals surface area contributed by atoms with Gasteiger partial charge in [0.1, 0.15) is 5.75 Å². The highest BCUT2D eigenvalue weighted by Crippen LogP contribution is 2.29. The van der Waals surface area contributed by atoms with Crippen LogP contribution in [0.5, 0.6) is 5.75 Å². The minimum Gasteiger partial charge on any atom is -0.507 e. The number of carbonyl (C=O) groups is 1. The molecule has 1 fully saturated rings. The van der Waals surface area contributed by atoms with Crippen molar-refractivity contribution >= 4 is 5.91 Å². The molecule has 4 nitrogen and oxygen atoms in total. The number of hydrogen-bond donors (Lipinski definition) is 2. The Bertz CT molecular complexity index is 458. The maximum Gasteiger partial charge on any atom is 0.257 e. The smallest absolute Gasteiger partial charge is 0.257 e. The third kappa shape index (κ3) is 2.08. The molecule has 4 heteroatoms. The summed E-state index contributed by atoms with van der Waals surface area (Å²) in [4.78, 5) is 14.1. The number of phenols is 1. The van der Waals surface area contributed by atoms with E-state index in [2.05, 4.69) is 0 Å². The minimum atomic E-state index is -0.195. The molecule has 0 bridgehead atoms. The molecule has 1 aliphatic rings. The molecule has 18 heavy (non-hydrogen) atoms.